The molecule has 0 radical (unpaired) electrons. The summed E-state index contributed by atoms with van der Waals surface area (Å²) in [5.74, 6) is -1.13. The molecule has 43 heavy (non-hydrogen) atoms. The Morgan fingerprint density at radius 3 is 2.40 bits per heavy atom. The van der Waals surface area contributed by atoms with Gasteiger partial charge in [-0.2, -0.15) is 10.1 Å². The number of thiophene rings is 1. The predicted molar refractivity (Wildman–Crippen MR) is 171 cm³/mol. The number of hydrogen-bond donors (Lipinski definition) is 3. The van der Waals surface area contributed by atoms with Gasteiger partial charge in [-0.25, -0.2) is 0 Å². The molecule has 0 fully saturated rings. The standard InChI is InChI=1S/C32H27N5O4S2/c1-21(30(39)35-28-20-29(38)37(36-28)24-13-6-3-7-14-24)43-26-15-8-12-23(18-26)33-32(41)27(19-25-16-9-17-42-25)34-31(40)22-10-4-2-5-11-22/h2-19,21H,20H2,1H3,(H,33,41)(H,34,40)(H,35,36,39)/b27-19-. The first-order valence-corrected chi connectivity index (χ1v) is 15.1. The van der Waals surface area contributed by atoms with E-state index in [1.165, 1.54) is 28.1 Å². The fourth-order valence-electron chi connectivity index (χ4n) is 4.08. The minimum Gasteiger partial charge on any atom is -0.321 e. The van der Waals surface area contributed by atoms with E-state index in [2.05, 4.69) is 21.1 Å². The quantitative estimate of drug-likeness (QED) is 0.171. The van der Waals surface area contributed by atoms with Crippen LogP contribution in [0.5, 0.6) is 0 Å². The van der Waals surface area contributed by atoms with Crippen LogP contribution in [-0.2, 0) is 14.4 Å². The number of amides is 4. The number of nitrogens with one attached hydrogen (secondary N) is 3. The van der Waals surface area contributed by atoms with Crippen LogP contribution in [0, 0.1) is 0 Å². The number of carbonyl (C=O) groups is 4. The normalized spacial score (nSPS) is 13.7. The highest BCUT2D eigenvalue weighted by atomic mass is 32.2. The average Bonchev–Trinajstić information content (AvgIpc) is 3.67. The van der Waals surface area contributed by atoms with E-state index >= 15 is 0 Å². The second-order valence-corrected chi connectivity index (χ2v) is 11.8. The van der Waals surface area contributed by atoms with Gasteiger partial charge in [-0.3, -0.25) is 19.2 Å². The molecule has 216 valence electrons. The maximum absolute atomic E-state index is 13.3. The molecule has 0 spiro atoms. The highest BCUT2D eigenvalue weighted by Crippen LogP contribution is 2.27. The van der Waals surface area contributed by atoms with E-state index in [0.29, 0.717) is 16.9 Å². The van der Waals surface area contributed by atoms with E-state index in [9.17, 15) is 19.2 Å². The number of rotatable bonds is 9. The lowest BCUT2D eigenvalue weighted by Crippen LogP contribution is -2.35. The van der Waals surface area contributed by atoms with Crippen LogP contribution in [0.15, 0.2) is 118 Å². The van der Waals surface area contributed by atoms with Crippen molar-refractivity contribution in [2.45, 2.75) is 23.5 Å². The zero-order chi connectivity index (χ0) is 30.2. The maximum Gasteiger partial charge on any atom is 0.272 e. The summed E-state index contributed by atoms with van der Waals surface area (Å²) < 4.78 is 0. The van der Waals surface area contributed by atoms with Gasteiger partial charge in [-0.1, -0.05) is 48.5 Å². The summed E-state index contributed by atoms with van der Waals surface area (Å²) in [5, 5.41) is 15.2. The number of thioether (sulfide) groups is 1. The molecule has 1 unspecified atom stereocenters. The first-order valence-electron chi connectivity index (χ1n) is 13.3. The number of hydrogen-bond acceptors (Lipinski definition) is 7. The molecule has 4 aromatic rings. The second-order valence-electron chi connectivity index (χ2n) is 9.39. The monoisotopic (exact) mass is 609 g/mol. The van der Waals surface area contributed by atoms with Crippen LogP contribution in [0.2, 0.25) is 0 Å². The molecule has 0 bridgehead atoms. The fourth-order valence-corrected chi connectivity index (χ4v) is 5.66. The highest BCUT2D eigenvalue weighted by molar-refractivity contribution is 8.00. The van der Waals surface area contributed by atoms with E-state index in [1.54, 1.807) is 67.6 Å². The van der Waals surface area contributed by atoms with Crippen molar-refractivity contribution in [2.24, 2.45) is 5.10 Å². The molecule has 0 saturated heterocycles. The van der Waals surface area contributed by atoms with Gasteiger partial charge >= 0.3 is 0 Å². The van der Waals surface area contributed by atoms with Gasteiger partial charge in [0.25, 0.3) is 17.7 Å². The van der Waals surface area contributed by atoms with Crippen LogP contribution in [0.1, 0.15) is 28.6 Å². The average molecular weight is 610 g/mol. The molecular weight excluding hydrogens is 583 g/mol. The lowest BCUT2D eigenvalue weighted by molar-refractivity contribution is -0.119. The van der Waals surface area contributed by atoms with Crippen molar-refractivity contribution < 1.29 is 19.2 Å². The van der Waals surface area contributed by atoms with Crippen molar-refractivity contribution in [1.29, 1.82) is 0 Å². The summed E-state index contributed by atoms with van der Waals surface area (Å²) >= 11 is 2.74. The maximum atomic E-state index is 13.3. The number of para-hydroxylation sites is 1. The SMILES string of the molecule is CC(Sc1cccc(NC(=O)/C(=C/c2cccs2)NC(=O)c2ccccc2)c1)C(=O)NC1=NN(c2ccccc2)C(=O)C1. The third-order valence-electron chi connectivity index (χ3n) is 6.18. The number of nitrogens with zero attached hydrogens (tertiary/aromatic N) is 2. The third-order valence-corrected chi connectivity index (χ3v) is 8.09. The van der Waals surface area contributed by atoms with Gasteiger partial charge in [-0.15, -0.1) is 23.1 Å². The van der Waals surface area contributed by atoms with E-state index in [-0.39, 0.29) is 29.8 Å². The molecule has 3 aromatic carbocycles. The van der Waals surface area contributed by atoms with Crippen molar-refractivity contribution in [2.75, 3.05) is 10.3 Å². The van der Waals surface area contributed by atoms with Gasteiger partial charge in [-0.05, 0) is 66.9 Å². The van der Waals surface area contributed by atoms with Gasteiger partial charge in [0.2, 0.25) is 5.91 Å². The Bertz CT molecular complexity index is 1690. The van der Waals surface area contributed by atoms with Crippen molar-refractivity contribution in [3.63, 3.8) is 0 Å². The van der Waals surface area contributed by atoms with E-state index in [4.69, 9.17) is 0 Å². The Kier molecular flexibility index (Phi) is 9.45. The minimum atomic E-state index is -0.519. The minimum absolute atomic E-state index is 0.00166. The topological polar surface area (TPSA) is 120 Å². The van der Waals surface area contributed by atoms with Crippen molar-refractivity contribution in [3.8, 4) is 0 Å². The van der Waals surface area contributed by atoms with Crippen LogP contribution in [0.3, 0.4) is 0 Å². The van der Waals surface area contributed by atoms with E-state index in [0.717, 1.165) is 9.77 Å². The molecule has 2 heterocycles. The third kappa shape index (κ3) is 7.85. The number of amidine groups is 1. The summed E-state index contributed by atoms with van der Waals surface area (Å²) in [5.41, 5.74) is 1.65. The molecule has 11 heteroatoms. The largest absolute Gasteiger partial charge is 0.321 e. The lowest BCUT2D eigenvalue weighted by atomic mass is 10.2. The van der Waals surface area contributed by atoms with Crippen LogP contribution < -0.4 is 21.0 Å². The fraction of sp³-hybridized carbons (Fsp3) is 0.0938. The number of benzene rings is 3. The molecule has 3 N–H and O–H groups in total. The van der Waals surface area contributed by atoms with Crippen molar-refractivity contribution in [3.05, 3.63) is 119 Å². The van der Waals surface area contributed by atoms with Gasteiger partial charge in [0.05, 0.1) is 17.4 Å². The van der Waals surface area contributed by atoms with Crippen LogP contribution in [0.25, 0.3) is 6.08 Å². The predicted octanol–water partition coefficient (Wildman–Crippen LogP) is 5.50. The molecule has 1 aliphatic heterocycles. The number of anilines is 2. The Morgan fingerprint density at radius 1 is 0.930 bits per heavy atom. The first-order chi connectivity index (χ1) is 20.9. The molecular formula is C32H27N5O4S2. The first kappa shape index (κ1) is 29.5. The van der Waals surface area contributed by atoms with Crippen molar-refractivity contribution in [1.82, 2.24) is 10.6 Å². The summed E-state index contributed by atoms with van der Waals surface area (Å²) in [6.45, 7) is 1.75. The molecule has 4 amide bonds. The molecule has 5 rings (SSSR count). The van der Waals surface area contributed by atoms with Gasteiger partial charge in [0, 0.05) is 21.0 Å². The Labute approximate surface area is 256 Å². The highest BCUT2D eigenvalue weighted by Gasteiger charge is 2.27. The van der Waals surface area contributed by atoms with Crippen LogP contribution >= 0.6 is 23.1 Å². The molecule has 0 saturated carbocycles. The molecule has 1 atom stereocenters. The Balaban J connectivity index is 1.23. The van der Waals surface area contributed by atoms with Gasteiger partial charge in [0.1, 0.15) is 11.5 Å². The summed E-state index contributed by atoms with van der Waals surface area (Å²) in [6, 6.07) is 28.5. The van der Waals surface area contributed by atoms with Gasteiger partial charge < -0.3 is 16.0 Å². The molecule has 1 aromatic heterocycles. The molecule has 9 nitrogen and oxygen atoms in total. The second kappa shape index (κ2) is 13.8. The smallest absolute Gasteiger partial charge is 0.272 e. The Morgan fingerprint density at radius 2 is 1.67 bits per heavy atom. The summed E-state index contributed by atoms with van der Waals surface area (Å²) in [7, 11) is 0. The van der Waals surface area contributed by atoms with E-state index < -0.39 is 17.1 Å². The van der Waals surface area contributed by atoms with E-state index in [1.807, 2.05) is 47.8 Å². The zero-order valence-corrected chi connectivity index (χ0v) is 24.7. The number of carbonyl (C=O) groups excluding carboxylic acids is 4. The zero-order valence-electron chi connectivity index (χ0n) is 23.0. The van der Waals surface area contributed by atoms with Crippen LogP contribution in [0.4, 0.5) is 11.4 Å². The van der Waals surface area contributed by atoms with Crippen LogP contribution in [-0.4, -0.2) is 34.7 Å². The summed E-state index contributed by atoms with van der Waals surface area (Å²) in [4.78, 5) is 53.0. The molecule has 0 aliphatic carbocycles. The molecule has 1 aliphatic rings. The lowest BCUT2D eigenvalue weighted by Gasteiger charge is -2.14. The number of hydrazone groups is 1. The summed E-state index contributed by atoms with van der Waals surface area (Å²) in [6.07, 6.45) is 1.63. The Hall–Kier alpha value is -5.00. The van der Waals surface area contributed by atoms with Crippen molar-refractivity contribution >= 4 is 70.0 Å². The van der Waals surface area contributed by atoms with Gasteiger partial charge in [0.15, 0.2) is 0 Å².